The van der Waals surface area contributed by atoms with Gasteiger partial charge in [0.15, 0.2) is 40.5 Å². The third-order valence-electron chi connectivity index (χ3n) is 11.5. The van der Waals surface area contributed by atoms with Crippen LogP contribution in [0.25, 0.3) is 73.1 Å². The van der Waals surface area contributed by atoms with Gasteiger partial charge in [-0.05, 0) is 76.6 Å². The van der Waals surface area contributed by atoms with E-state index in [2.05, 4.69) is 11.9 Å². The minimum absolute atomic E-state index is 0.127. The molecule has 1 aromatic heterocycles. The Labute approximate surface area is 382 Å². The number of phenols is 10. The Balaban J connectivity index is 1.21. The first-order chi connectivity index (χ1) is 32.3. The molecule has 0 amide bonds. The average Bonchev–Trinajstić information content (AvgIpc) is 3.72. The van der Waals surface area contributed by atoms with Gasteiger partial charge in [-0.1, -0.05) is 116 Å². The van der Waals surface area contributed by atoms with Crippen LogP contribution in [-0.4, -0.2) is 66.0 Å². The lowest BCUT2D eigenvalue weighted by Gasteiger charge is -2.22. The molecular formula is C53H40N4O10. The summed E-state index contributed by atoms with van der Waals surface area (Å²) in [5.41, 5.74) is 5.66. The van der Waals surface area contributed by atoms with E-state index in [1.54, 1.807) is 37.3 Å². The van der Waals surface area contributed by atoms with E-state index in [-0.39, 0.29) is 28.0 Å². The number of hydrogen-bond donors (Lipinski definition) is 11. The van der Waals surface area contributed by atoms with Gasteiger partial charge in [0.25, 0.3) is 0 Å². The summed E-state index contributed by atoms with van der Waals surface area (Å²) in [6.07, 6.45) is 7.19. The number of aromatic hydroxyl groups is 10. The Morgan fingerprint density at radius 3 is 1.58 bits per heavy atom. The molecule has 1 aliphatic rings. The van der Waals surface area contributed by atoms with Crippen molar-refractivity contribution in [2.75, 3.05) is 5.32 Å². The summed E-state index contributed by atoms with van der Waals surface area (Å²) in [7, 11) is 0. The molecular weight excluding hydrogens is 853 g/mol. The number of allylic oxidation sites excluding steroid dienone is 5. The molecule has 8 aromatic rings. The van der Waals surface area contributed by atoms with Crippen LogP contribution in [0, 0.1) is 0 Å². The van der Waals surface area contributed by atoms with Crippen LogP contribution in [0.5, 0.6) is 57.5 Å². The van der Waals surface area contributed by atoms with Crippen LogP contribution in [-0.2, 0) is 6.42 Å². The molecule has 332 valence electrons. The zero-order chi connectivity index (χ0) is 47.3. The molecule has 0 fully saturated rings. The lowest BCUT2D eigenvalue weighted by atomic mass is 9.87. The normalized spacial score (nSPS) is 11.8. The first kappa shape index (κ1) is 42.9. The van der Waals surface area contributed by atoms with Gasteiger partial charge in [0.05, 0.1) is 11.1 Å². The topological polar surface area (TPSA) is 253 Å². The van der Waals surface area contributed by atoms with Gasteiger partial charge in [-0.2, -0.15) is 0 Å². The van der Waals surface area contributed by atoms with E-state index < -0.39 is 68.6 Å². The number of anilines is 2. The van der Waals surface area contributed by atoms with E-state index in [0.29, 0.717) is 29.6 Å². The van der Waals surface area contributed by atoms with Crippen molar-refractivity contribution >= 4 is 16.9 Å². The average molecular weight is 893 g/mol. The zero-order valence-corrected chi connectivity index (χ0v) is 35.4. The highest BCUT2D eigenvalue weighted by Gasteiger charge is 2.31. The molecule has 0 unspecified atom stereocenters. The van der Waals surface area contributed by atoms with E-state index in [1.807, 2.05) is 91.0 Å². The molecule has 11 N–H and O–H groups in total. The molecule has 0 atom stereocenters. The second-order valence-corrected chi connectivity index (χ2v) is 15.6. The maximum atomic E-state index is 11.3. The first-order valence-corrected chi connectivity index (χ1v) is 20.7. The Kier molecular flexibility index (Phi) is 10.8. The van der Waals surface area contributed by atoms with E-state index in [9.17, 15) is 51.1 Å². The number of rotatable bonds is 10. The highest BCUT2D eigenvalue weighted by Crippen LogP contribution is 2.59. The molecule has 9 rings (SSSR count). The SMILES string of the molecule is C=C(/C=C\C=C/C)c1c(Nc2ccc3c(c2)Cc2c(-c4nc(-c5ccccc5)nc(-c5ccccc5)n4)cccc2-3)cc(-c2c(O)c(O)c(O)c(O)c2O)cc1-c1c(O)c(O)c(O)c(O)c1O. The summed E-state index contributed by atoms with van der Waals surface area (Å²) in [5.74, 6) is -9.83. The van der Waals surface area contributed by atoms with Gasteiger partial charge in [0, 0.05) is 33.6 Å². The van der Waals surface area contributed by atoms with Crippen molar-refractivity contribution < 1.29 is 51.1 Å². The Morgan fingerprint density at radius 2 is 1.01 bits per heavy atom. The van der Waals surface area contributed by atoms with Crippen LogP contribution in [0.1, 0.15) is 23.6 Å². The van der Waals surface area contributed by atoms with Crippen molar-refractivity contribution in [1.29, 1.82) is 0 Å². The number of aromatic nitrogens is 3. The molecule has 1 aliphatic carbocycles. The second-order valence-electron chi connectivity index (χ2n) is 15.6. The van der Waals surface area contributed by atoms with Crippen LogP contribution < -0.4 is 5.32 Å². The van der Waals surface area contributed by atoms with Crippen LogP contribution in [0.2, 0.25) is 0 Å². The number of nitrogens with zero attached hydrogens (tertiary/aromatic N) is 3. The van der Waals surface area contributed by atoms with Crippen molar-refractivity contribution in [3.63, 3.8) is 0 Å². The predicted octanol–water partition coefficient (Wildman–Crippen LogP) is 10.7. The van der Waals surface area contributed by atoms with Gasteiger partial charge in [-0.25, -0.2) is 15.0 Å². The molecule has 0 aliphatic heterocycles. The largest absolute Gasteiger partial charge is 0.504 e. The lowest BCUT2D eigenvalue weighted by Crippen LogP contribution is -2.01. The number of phenolic OH excluding ortho intramolecular Hbond substituents is 10. The zero-order valence-electron chi connectivity index (χ0n) is 35.4. The number of nitrogens with one attached hydrogen (secondary N) is 1. The van der Waals surface area contributed by atoms with Gasteiger partial charge in [-0.15, -0.1) is 0 Å². The molecule has 0 radical (unpaired) electrons. The summed E-state index contributed by atoms with van der Waals surface area (Å²) in [5, 5.41) is 111. The van der Waals surface area contributed by atoms with E-state index in [0.717, 1.165) is 38.9 Å². The van der Waals surface area contributed by atoms with Crippen molar-refractivity contribution in [2.24, 2.45) is 0 Å². The summed E-state index contributed by atoms with van der Waals surface area (Å²) in [4.78, 5) is 14.8. The minimum atomic E-state index is -1.21. The van der Waals surface area contributed by atoms with Crippen LogP contribution >= 0.6 is 0 Å². The van der Waals surface area contributed by atoms with Gasteiger partial charge in [0.1, 0.15) is 0 Å². The maximum Gasteiger partial charge on any atom is 0.208 e. The fraction of sp³-hybridized carbons (Fsp3) is 0.0377. The van der Waals surface area contributed by atoms with Gasteiger partial charge in [-0.3, -0.25) is 0 Å². The lowest BCUT2D eigenvalue weighted by molar-refractivity contribution is 0.330. The summed E-state index contributed by atoms with van der Waals surface area (Å²) in [6, 6.07) is 33.5. The summed E-state index contributed by atoms with van der Waals surface area (Å²) >= 11 is 0. The maximum absolute atomic E-state index is 11.3. The highest BCUT2D eigenvalue weighted by molar-refractivity contribution is 6.01. The van der Waals surface area contributed by atoms with E-state index in [1.165, 1.54) is 12.1 Å². The molecule has 14 heteroatoms. The molecule has 0 spiro atoms. The third-order valence-corrected chi connectivity index (χ3v) is 11.5. The van der Waals surface area contributed by atoms with Gasteiger partial charge < -0.3 is 56.4 Å². The smallest absolute Gasteiger partial charge is 0.208 e. The van der Waals surface area contributed by atoms with Crippen molar-refractivity contribution in [1.82, 2.24) is 15.0 Å². The van der Waals surface area contributed by atoms with Gasteiger partial charge in [0.2, 0.25) is 34.5 Å². The first-order valence-electron chi connectivity index (χ1n) is 20.7. The molecule has 14 nitrogen and oxygen atoms in total. The van der Waals surface area contributed by atoms with Crippen LogP contribution in [0.15, 0.2) is 140 Å². The molecule has 0 saturated heterocycles. The standard InChI is InChI=1S/C53H40N4O10/c1-3-4-7-13-26(2)38-36(40-43(60)47(64)50(67)48(65)44(40)61)24-30(39-41(58)45(62)49(66)46(63)42(39)59)25-37(38)54-31-20-21-32-29(22-31)23-35-33(32)18-12-19-34(35)53-56-51(27-14-8-5-9-15-27)55-52(57-53)28-16-10-6-11-17-28/h3-22,24-25,54,58-67H,2,23H2,1H3/b4-3-,13-7-. The third kappa shape index (κ3) is 7.43. The second kappa shape index (κ2) is 16.9. The van der Waals surface area contributed by atoms with Gasteiger partial charge >= 0.3 is 0 Å². The van der Waals surface area contributed by atoms with Crippen LogP contribution in [0.4, 0.5) is 11.4 Å². The fourth-order valence-electron chi connectivity index (χ4n) is 8.29. The number of fused-ring (bicyclic) bond motifs is 3. The van der Waals surface area contributed by atoms with Crippen LogP contribution in [0.3, 0.4) is 0 Å². The summed E-state index contributed by atoms with van der Waals surface area (Å²) < 4.78 is 0. The quantitative estimate of drug-likeness (QED) is 0.0347. The molecule has 1 heterocycles. The van der Waals surface area contributed by atoms with Crippen molar-refractivity contribution in [3.8, 4) is 125 Å². The van der Waals surface area contributed by atoms with E-state index >= 15 is 0 Å². The van der Waals surface area contributed by atoms with Crippen molar-refractivity contribution in [2.45, 2.75) is 13.3 Å². The molecule has 67 heavy (non-hydrogen) atoms. The monoisotopic (exact) mass is 892 g/mol. The Bertz CT molecular complexity index is 3270. The molecule has 0 bridgehead atoms. The Hall–Kier alpha value is -9.43. The Morgan fingerprint density at radius 1 is 0.493 bits per heavy atom. The number of hydrogen-bond acceptors (Lipinski definition) is 14. The van der Waals surface area contributed by atoms with Crippen molar-refractivity contribution in [3.05, 3.63) is 157 Å². The molecule has 0 saturated carbocycles. The fourth-order valence-corrected chi connectivity index (χ4v) is 8.29. The molecule has 7 aromatic carbocycles. The van der Waals surface area contributed by atoms with E-state index in [4.69, 9.17) is 15.0 Å². The highest BCUT2D eigenvalue weighted by atomic mass is 16.4. The summed E-state index contributed by atoms with van der Waals surface area (Å²) in [6.45, 7) is 6.03. The minimum Gasteiger partial charge on any atom is -0.504 e. The predicted molar refractivity (Wildman–Crippen MR) is 255 cm³/mol. The number of benzene rings is 7.